The van der Waals surface area contributed by atoms with E-state index in [1.54, 1.807) is 24.0 Å². The molecule has 2 aromatic rings. The number of aromatic nitrogens is 2. The molecule has 0 radical (unpaired) electrons. The zero-order valence-electron chi connectivity index (χ0n) is 18.4. The molecule has 170 valence electrons. The maximum atomic E-state index is 13.2. The van der Waals surface area contributed by atoms with E-state index in [4.69, 9.17) is 0 Å². The Morgan fingerprint density at radius 2 is 1.94 bits per heavy atom. The Balaban J connectivity index is 1.46. The Labute approximate surface area is 192 Å². The van der Waals surface area contributed by atoms with Gasteiger partial charge in [0, 0.05) is 45.2 Å². The normalized spacial score (nSPS) is 20.1. The number of thioether (sulfide) groups is 1. The van der Waals surface area contributed by atoms with Gasteiger partial charge in [-0.1, -0.05) is 42.1 Å². The number of aryl methyl sites for hydroxylation is 1. The van der Waals surface area contributed by atoms with Gasteiger partial charge in [0.1, 0.15) is 11.7 Å². The molecule has 2 saturated heterocycles. The Hall–Kier alpha value is -2.81. The molecule has 2 atom stereocenters. The van der Waals surface area contributed by atoms with Crippen molar-refractivity contribution in [3.63, 3.8) is 0 Å². The van der Waals surface area contributed by atoms with Gasteiger partial charge >= 0.3 is 0 Å². The fourth-order valence-corrected chi connectivity index (χ4v) is 5.35. The highest BCUT2D eigenvalue weighted by Gasteiger charge is 2.36. The van der Waals surface area contributed by atoms with Crippen molar-refractivity contribution in [2.45, 2.75) is 31.3 Å². The van der Waals surface area contributed by atoms with Crippen LogP contribution < -0.4 is 5.32 Å². The maximum Gasteiger partial charge on any atom is 0.279 e. The van der Waals surface area contributed by atoms with Crippen LogP contribution in [0.4, 0.5) is 4.79 Å². The first kappa shape index (κ1) is 22.4. The summed E-state index contributed by atoms with van der Waals surface area (Å²) < 4.78 is 1.64. The number of amides is 3. The van der Waals surface area contributed by atoms with Gasteiger partial charge in [0.05, 0.1) is 0 Å². The van der Waals surface area contributed by atoms with Crippen LogP contribution in [-0.4, -0.2) is 74.6 Å². The van der Waals surface area contributed by atoms with E-state index in [0.717, 1.165) is 31.0 Å². The first-order valence-electron chi connectivity index (χ1n) is 10.9. The van der Waals surface area contributed by atoms with E-state index in [-0.39, 0.29) is 29.0 Å². The molecule has 4 rings (SSSR count). The van der Waals surface area contributed by atoms with E-state index >= 15 is 0 Å². The number of benzene rings is 1. The fourth-order valence-electron chi connectivity index (χ4n) is 4.58. The third-order valence-electron chi connectivity index (χ3n) is 6.40. The number of nitrogens with zero attached hydrogens (tertiary/aromatic N) is 4. The third kappa shape index (κ3) is 4.98. The predicted octanol–water partition coefficient (Wildman–Crippen LogP) is 2.17. The summed E-state index contributed by atoms with van der Waals surface area (Å²) in [6, 6.07) is 11.5. The molecule has 9 heteroatoms. The lowest BCUT2D eigenvalue weighted by Gasteiger charge is -2.40. The number of rotatable bonds is 6. The molecule has 2 fully saturated rings. The van der Waals surface area contributed by atoms with E-state index in [2.05, 4.69) is 22.5 Å². The van der Waals surface area contributed by atoms with Crippen LogP contribution >= 0.6 is 11.8 Å². The molecule has 0 unspecified atom stereocenters. The summed E-state index contributed by atoms with van der Waals surface area (Å²) in [5, 5.41) is 6.90. The number of carbonyl (C=O) groups is 3. The number of hydrogen-bond acceptors (Lipinski definition) is 5. The van der Waals surface area contributed by atoms with Crippen LogP contribution in [0.1, 0.15) is 28.9 Å². The summed E-state index contributed by atoms with van der Waals surface area (Å²) in [5.41, 5.74) is 1.62. The van der Waals surface area contributed by atoms with Crippen molar-refractivity contribution in [3.05, 3.63) is 53.9 Å². The van der Waals surface area contributed by atoms with Crippen molar-refractivity contribution in [1.82, 2.24) is 24.9 Å². The Morgan fingerprint density at radius 3 is 2.53 bits per heavy atom. The van der Waals surface area contributed by atoms with Gasteiger partial charge in [-0.05, 0) is 36.8 Å². The lowest BCUT2D eigenvalue weighted by molar-refractivity contribution is -0.134. The SMILES string of the molecule is CN(C(=O)c1ccn(C)n1)[C@@H](Cc1ccccc1)C1CCN(C(=O)[C@@H]2CSC(=O)N2)CC1. The number of hydrogen-bond donors (Lipinski definition) is 1. The van der Waals surface area contributed by atoms with Crippen LogP contribution in [0, 0.1) is 5.92 Å². The van der Waals surface area contributed by atoms with E-state index < -0.39 is 6.04 Å². The first-order chi connectivity index (χ1) is 15.4. The van der Waals surface area contributed by atoms with Crippen molar-refractivity contribution >= 4 is 28.8 Å². The number of piperidine rings is 1. The van der Waals surface area contributed by atoms with Crippen LogP contribution in [0.5, 0.6) is 0 Å². The van der Waals surface area contributed by atoms with Gasteiger partial charge in [-0.2, -0.15) is 5.10 Å². The highest BCUT2D eigenvalue weighted by molar-refractivity contribution is 8.14. The molecule has 0 bridgehead atoms. The Morgan fingerprint density at radius 1 is 1.22 bits per heavy atom. The van der Waals surface area contributed by atoms with E-state index in [0.29, 0.717) is 24.5 Å². The predicted molar refractivity (Wildman–Crippen MR) is 123 cm³/mol. The smallest absolute Gasteiger partial charge is 0.279 e. The molecule has 8 nitrogen and oxygen atoms in total. The number of nitrogens with one attached hydrogen (secondary N) is 1. The minimum atomic E-state index is -0.419. The molecule has 3 amide bonds. The van der Waals surface area contributed by atoms with Gasteiger partial charge in [-0.15, -0.1) is 0 Å². The first-order valence-corrected chi connectivity index (χ1v) is 11.9. The quantitative estimate of drug-likeness (QED) is 0.721. The third-order valence-corrected chi connectivity index (χ3v) is 7.28. The van der Waals surface area contributed by atoms with Gasteiger partial charge in [0.15, 0.2) is 0 Å². The topological polar surface area (TPSA) is 87.5 Å². The molecular weight excluding hydrogens is 426 g/mol. The van der Waals surface area contributed by atoms with Crippen LogP contribution in [-0.2, 0) is 18.3 Å². The average Bonchev–Trinajstić information content (AvgIpc) is 3.45. The van der Waals surface area contributed by atoms with E-state index in [9.17, 15) is 14.4 Å². The standard InChI is InChI=1S/C23H29N5O3S/c1-26-11-10-18(25-26)21(29)27(2)20(14-16-6-4-3-5-7-16)17-8-12-28(13-9-17)22(30)19-15-32-23(31)24-19/h3-7,10-11,17,19-20H,8-9,12-15H2,1-2H3,(H,24,31)/t19-,20-/m0/s1. The van der Waals surface area contributed by atoms with Crippen LogP contribution in [0.3, 0.4) is 0 Å². The molecule has 0 aliphatic carbocycles. The van der Waals surface area contributed by atoms with Crippen molar-refractivity contribution in [2.75, 3.05) is 25.9 Å². The molecular formula is C23H29N5O3S. The van der Waals surface area contributed by atoms with Crippen LogP contribution in [0.15, 0.2) is 42.6 Å². The van der Waals surface area contributed by atoms with Crippen molar-refractivity contribution in [2.24, 2.45) is 13.0 Å². The zero-order chi connectivity index (χ0) is 22.7. The summed E-state index contributed by atoms with van der Waals surface area (Å²) in [4.78, 5) is 41.0. The molecule has 0 saturated carbocycles. The molecule has 32 heavy (non-hydrogen) atoms. The molecule has 2 aliphatic heterocycles. The van der Waals surface area contributed by atoms with Gasteiger partial charge in [0.25, 0.3) is 11.1 Å². The summed E-state index contributed by atoms with van der Waals surface area (Å²) in [6.45, 7) is 1.27. The number of likely N-dealkylation sites (N-methyl/N-ethyl adjacent to an activating group) is 1. The second kappa shape index (κ2) is 9.77. The molecule has 1 aromatic carbocycles. The van der Waals surface area contributed by atoms with Crippen LogP contribution in [0.2, 0.25) is 0 Å². The highest BCUT2D eigenvalue weighted by Crippen LogP contribution is 2.28. The van der Waals surface area contributed by atoms with Gasteiger partial charge in [-0.3, -0.25) is 19.1 Å². The van der Waals surface area contributed by atoms with Gasteiger partial charge < -0.3 is 15.1 Å². The maximum absolute atomic E-state index is 13.2. The molecule has 2 aliphatic rings. The fraction of sp³-hybridized carbons (Fsp3) is 0.478. The molecule has 0 spiro atoms. The van der Waals surface area contributed by atoms with Crippen molar-refractivity contribution < 1.29 is 14.4 Å². The van der Waals surface area contributed by atoms with E-state index in [1.165, 1.54) is 5.56 Å². The average molecular weight is 456 g/mol. The number of carbonyl (C=O) groups excluding carboxylic acids is 3. The minimum absolute atomic E-state index is 0.000624. The molecule has 1 N–H and O–H groups in total. The molecule has 1 aromatic heterocycles. The zero-order valence-corrected chi connectivity index (χ0v) is 19.3. The Kier molecular flexibility index (Phi) is 6.83. The lowest BCUT2D eigenvalue weighted by Crippen LogP contribution is -2.52. The summed E-state index contributed by atoms with van der Waals surface area (Å²) in [5.74, 6) is 0.676. The minimum Gasteiger partial charge on any atom is -0.341 e. The largest absolute Gasteiger partial charge is 0.341 e. The highest BCUT2D eigenvalue weighted by atomic mass is 32.2. The van der Waals surface area contributed by atoms with Crippen molar-refractivity contribution in [3.8, 4) is 0 Å². The lowest BCUT2D eigenvalue weighted by atomic mass is 9.84. The van der Waals surface area contributed by atoms with E-state index in [1.807, 2.05) is 35.0 Å². The van der Waals surface area contributed by atoms with Crippen LogP contribution in [0.25, 0.3) is 0 Å². The van der Waals surface area contributed by atoms with Gasteiger partial charge in [-0.25, -0.2) is 0 Å². The Bertz CT molecular complexity index is 971. The van der Waals surface area contributed by atoms with Gasteiger partial charge in [0.2, 0.25) is 5.91 Å². The summed E-state index contributed by atoms with van der Waals surface area (Å²) in [6.07, 6.45) is 4.16. The molecule has 3 heterocycles. The monoisotopic (exact) mass is 455 g/mol. The summed E-state index contributed by atoms with van der Waals surface area (Å²) in [7, 11) is 3.66. The second-order valence-electron chi connectivity index (χ2n) is 8.51. The number of likely N-dealkylation sites (tertiary alicyclic amines) is 1. The second-order valence-corrected chi connectivity index (χ2v) is 9.50. The van der Waals surface area contributed by atoms with Crippen molar-refractivity contribution in [1.29, 1.82) is 0 Å². The summed E-state index contributed by atoms with van der Waals surface area (Å²) >= 11 is 1.16.